The van der Waals surface area contributed by atoms with Crippen molar-refractivity contribution in [1.29, 1.82) is 0 Å². The van der Waals surface area contributed by atoms with E-state index in [1.165, 1.54) is 10.7 Å². The fourth-order valence-corrected chi connectivity index (χ4v) is 2.08. The lowest BCUT2D eigenvalue weighted by Gasteiger charge is -2.13. The van der Waals surface area contributed by atoms with Gasteiger partial charge in [0.2, 0.25) is 0 Å². The summed E-state index contributed by atoms with van der Waals surface area (Å²) in [6, 6.07) is 7.82. The van der Waals surface area contributed by atoms with Crippen LogP contribution in [0.15, 0.2) is 35.1 Å². The Morgan fingerprint density at radius 2 is 1.56 bits per heavy atom. The summed E-state index contributed by atoms with van der Waals surface area (Å²) in [5, 5.41) is 2.47. The molecule has 18 heavy (non-hydrogen) atoms. The van der Waals surface area contributed by atoms with Gasteiger partial charge in [0, 0.05) is 13.1 Å². The number of carbonyl (C=O) groups is 2. The van der Waals surface area contributed by atoms with Crippen molar-refractivity contribution < 1.29 is 9.59 Å². The van der Waals surface area contributed by atoms with Gasteiger partial charge < -0.3 is 0 Å². The van der Waals surface area contributed by atoms with Gasteiger partial charge >= 0.3 is 0 Å². The Kier molecular flexibility index (Phi) is 2.00. The zero-order valence-electron chi connectivity index (χ0n) is 9.51. The number of nitrogens with zero attached hydrogens (tertiary/aromatic N) is 2. The fourth-order valence-electron chi connectivity index (χ4n) is 2.08. The van der Waals surface area contributed by atoms with Crippen LogP contribution in [0.4, 0.5) is 5.82 Å². The molecule has 0 saturated heterocycles. The standard InChI is InChI=1S/C12H9N3O3/c1-14-10(6-9(16)13-14)15-11(17)7-4-2-3-5-8(7)12(15)18/h2-6H,1H3,(H,13,16). The average molecular weight is 243 g/mol. The van der Waals surface area contributed by atoms with E-state index in [0.29, 0.717) is 11.1 Å². The first-order valence-corrected chi connectivity index (χ1v) is 5.33. The summed E-state index contributed by atoms with van der Waals surface area (Å²) in [6.45, 7) is 0. The van der Waals surface area contributed by atoms with E-state index in [0.717, 1.165) is 4.90 Å². The zero-order chi connectivity index (χ0) is 12.9. The largest absolute Gasteiger partial charge is 0.272 e. The highest BCUT2D eigenvalue weighted by Crippen LogP contribution is 2.26. The number of hydrogen-bond acceptors (Lipinski definition) is 3. The zero-order valence-corrected chi connectivity index (χ0v) is 9.51. The first kappa shape index (κ1) is 10.5. The Balaban J connectivity index is 2.18. The van der Waals surface area contributed by atoms with E-state index in [4.69, 9.17) is 0 Å². The van der Waals surface area contributed by atoms with Crippen LogP contribution in [0.3, 0.4) is 0 Å². The van der Waals surface area contributed by atoms with Crippen molar-refractivity contribution in [1.82, 2.24) is 9.78 Å². The number of benzene rings is 1. The molecule has 2 aromatic rings. The van der Waals surface area contributed by atoms with Gasteiger partial charge in [-0.15, -0.1) is 0 Å². The van der Waals surface area contributed by atoms with E-state index in [2.05, 4.69) is 5.10 Å². The Bertz CT molecular complexity index is 691. The molecule has 0 radical (unpaired) electrons. The molecular formula is C12H9N3O3. The van der Waals surface area contributed by atoms with Crippen molar-refractivity contribution in [2.45, 2.75) is 0 Å². The number of aromatic nitrogens is 2. The van der Waals surface area contributed by atoms with Crippen LogP contribution in [0.1, 0.15) is 20.7 Å². The lowest BCUT2D eigenvalue weighted by molar-refractivity contribution is 0.0924. The second kappa shape index (κ2) is 3.43. The van der Waals surface area contributed by atoms with Crippen molar-refractivity contribution in [2.75, 3.05) is 4.90 Å². The minimum atomic E-state index is -0.412. The Hall–Kier alpha value is -2.63. The molecule has 1 aliphatic rings. The van der Waals surface area contributed by atoms with Crippen LogP contribution in [0.25, 0.3) is 0 Å². The second-order valence-electron chi connectivity index (χ2n) is 4.03. The van der Waals surface area contributed by atoms with Crippen molar-refractivity contribution in [3.8, 4) is 0 Å². The normalized spacial score (nSPS) is 14.2. The number of hydrogen-bond donors (Lipinski definition) is 1. The van der Waals surface area contributed by atoms with Crippen LogP contribution in [0.2, 0.25) is 0 Å². The number of anilines is 1. The summed E-state index contributed by atoms with van der Waals surface area (Å²) in [7, 11) is 1.57. The number of H-pyrrole nitrogens is 1. The molecule has 1 aliphatic heterocycles. The third kappa shape index (κ3) is 1.26. The average Bonchev–Trinajstić information content (AvgIpc) is 2.79. The van der Waals surface area contributed by atoms with E-state index < -0.39 is 11.8 Å². The summed E-state index contributed by atoms with van der Waals surface area (Å²) < 4.78 is 1.35. The monoisotopic (exact) mass is 243 g/mol. The molecule has 0 spiro atoms. The Morgan fingerprint density at radius 3 is 2.00 bits per heavy atom. The van der Waals surface area contributed by atoms with E-state index in [1.54, 1.807) is 31.3 Å². The molecule has 1 aromatic heterocycles. The predicted octanol–water partition coefficient (Wildman–Crippen LogP) is 0.514. The SMILES string of the molecule is Cn1[nH]c(=O)cc1N1C(=O)c2ccccc2C1=O. The summed E-state index contributed by atoms with van der Waals surface area (Å²) >= 11 is 0. The molecule has 0 fully saturated rings. The molecule has 6 heteroatoms. The number of carbonyl (C=O) groups excluding carboxylic acids is 2. The lowest BCUT2D eigenvalue weighted by Crippen LogP contribution is -2.31. The maximum Gasteiger partial charge on any atom is 0.267 e. The molecule has 0 atom stereocenters. The molecule has 1 aromatic carbocycles. The quantitative estimate of drug-likeness (QED) is 0.742. The molecule has 90 valence electrons. The van der Waals surface area contributed by atoms with Gasteiger partial charge in [-0.2, -0.15) is 0 Å². The fraction of sp³-hybridized carbons (Fsp3) is 0.0833. The molecule has 1 N–H and O–H groups in total. The minimum Gasteiger partial charge on any atom is -0.272 e. The smallest absolute Gasteiger partial charge is 0.267 e. The molecule has 0 unspecified atom stereocenters. The van der Waals surface area contributed by atoms with Gasteiger partial charge in [-0.3, -0.25) is 24.2 Å². The van der Waals surface area contributed by atoms with Gasteiger partial charge in [0.15, 0.2) is 0 Å². The number of aromatic amines is 1. The summed E-state index contributed by atoms with van der Waals surface area (Å²) in [5.74, 6) is -0.582. The second-order valence-corrected chi connectivity index (χ2v) is 4.03. The third-order valence-corrected chi connectivity index (χ3v) is 2.90. The van der Waals surface area contributed by atoms with Gasteiger partial charge in [0.25, 0.3) is 17.4 Å². The predicted molar refractivity (Wildman–Crippen MR) is 63.6 cm³/mol. The van der Waals surface area contributed by atoms with Crippen LogP contribution in [-0.4, -0.2) is 21.6 Å². The van der Waals surface area contributed by atoms with Crippen molar-refractivity contribution in [3.63, 3.8) is 0 Å². The number of aryl methyl sites for hydroxylation is 1. The van der Waals surface area contributed by atoms with Crippen LogP contribution in [0, 0.1) is 0 Å². The van der Waals surface area contributed by atoms with Gasteiger partial charge in [0.1, 0.15) is 5.82 Å². The molecule has 0 aliphatic carbocycles. The maximum atomic E-state index is 12.1. The van der Waals surface area contributed by atoms with Crippen LogP contribution < -0.4 is 10.5 Å². The van der Waals surface area contributed by atoms with Crippen LogP contribution in [-0.2, 0) is 7.05 Å². The third-order valence-electron chi connectivity index (χ3n) is 2.90. The van der Waals surface area contributed by atoms with Crippen molar-refractivity contribution in [3.05, 3.63) is 51.8 Å². The molecule has 0 saturated carbocycles. The number of rotatable bonds is 1. The van der Waals surface area contributed by atoms with E-state index >= 15 is 0 Å². The van der Waals surface area contributed by atoms with Gasteiger partial charge in [0.05, 0.1) is 11.1 Å². The van der Waals surface area contributed by atoms with Gasteiger partial charge in [-0.05, 0) is 12.1 Å². The molecule has 0 bridgehead atoms. The highest BCUT2D eigenvalue weighted by atomic mass is 16.2. The number of fused-ring (bicyclic) bond motifs is 1. The molecule has 2 amide bonds. The summed E-state index contributed by atoms with van der Waals surface area (Å²) in [6.07, 6.45) is 0. The Labute approximate surface area is 101 Å². The highest BCUT2D eigenvalue weighted by molar-refractivity contribution is 6.34. The molecule has 3 rings (SSSR count). The van der Waals surface area contributed by atoms with E-state index in [-0.39, 0.29) is 11.4 Å². The number of nitrogens with one attached hydrogen (secondary N) is 1. The molecule has 6 nitrogen and oxygen atoms in total. The van der Waals surface area contributed by atoms with E-state index in [1.807, 2.05) is 0 Å². The van der Waals surface area contributed by atoms with Crippen molar-refractivity contribution in [2.24, 2.45) is 7.05 Å². The molecular weight excluding hydrogens is 234 g/mol. The molecule has 2 heterocycles. The lowest BCUT2D eigenvalue weighted by atomic mass is 10.1. The summed E-state index contributed by atoms with van der Waals surface area (Å²) in [4.78, 5) is 36.5. The summed E-state index contributed by atoms with van der Waals surface area (Å²) in [5.41, 5.74) is 0.358. The van der Waals surface area contributed by atoms with E-state index in [9.17, 15) is 14.4 Å². The first-order chi connectivity index (χ1) is 8.59. The Morgan fingerprint density at radius 1 is 1.00 bits per heavy atom. The van der Waals surface area contributed by atoms with Crippen molar-refractivity contribution >= 4 is 17.6 Å². The maximum absolute atomic E-state index is 12.1. The first-order valence-electron chi connectivity index (χ1n) is 5.33. The van der Waals surface area contributed by atoms with Crippen LogP contribution in [0.5, 0.6) is 0 Å². The van der Waals surface area contributed by atoms with Crippen LogP contribution >= 0.6 is 0 Å². The number of amides is 2. The highest BCUT2D eigenvalue weighted by Gasteiger charge is 2.37. The minimum absolute atomic E-state index is 0.242. The van der Waals surface area contributed by atoms with Gasteiger partial charge in [-0.25, -0.2) is 4.90 Å². The number of imide groups is 1. The topological polar surface area (TPSA) is 75.2 Å². The van der Waals surface area contributed by atoms with Gasteiger partial charge in [-0.1, -0.05) is 12.1 Å².